The van der Waals surface area contributed by atoms with Crippen molar-refractivity contribution in [3.05, 3.63) is 55.0 Å². The first-order chi connectivity index (χ1) is 16.1. The van der Waals surface area contributed by atoms with Gasteiger partial charge in [-0.3, -0.25) is 0 Å². The molecule has 2 N–H and O–H groups in total. The van der Waals surface area contributed by atoms with E-state index in [1.807, 2.05) is 37.8 Å². The van der Waals surface area contributed by atoms with Gasteiger partial charge in [0.15, 0.2) is 0 Å². The van der Waals surface area contributed by atoms with Crippen LogP contribution in [0.2, 0.25) is 0 Å². The number of fused-ring (bicyclic) bond motifs is 2. The molecule has 9 nitrogen and oxygen atoms in total. The van der Waals surface area contributed by atoms with Crippen molar-refractivity contribution in [3.63, 3.8) is 0 Å². The van der Waals surface area contributed by atoms with E-state index in [1.165, 1.54) is 0 Å². The maximum absolute atomic E-state index is 4.63. The standard InChI is InChI=1S/C24H25N9/c1-31-7-9-33(10-8-31)23-13-17(5-6-25-23)28-18-12-19-20(15-27-24(19)26-14-18)16-3-4-21-22(11-16)32(2)30-29-21/h3-6,11-15H,7-10H2,1-2H3,(H,25,28)(H,26,27). The van der Waals surface area contributed by atoms with Gasteiger partial charge < -0.3 is 20.1 Å². The van der Waals surface area contributed by atoms with Crippen molar-refractivity contribution in [2.75, 3.05) is 43.4 Å². The molecule has 0 saturated carbocycles. The molecule has 0 atom stereocenters. The number of hydrogen-bond acceptors (Lipinski definition) is 7. The van der Waals surface area contributed by atoms with Crippen molar-refractivity contribution in [1.29, 1.82) is 0 Å². The summed E-state index contributed by atoms with van der Waals surface area (Å²) >= 11 is 0. The lowest BCUT2D eigenvalue weighted by Gasteiger charge is -2.33. The van der Waals surface area contributed by atoms with Crippen LogP contribution in [0.1, 0.15) is 0 Å². The largest absolute Gasteiger partial charge is 0.354 e. The number of aryl methyl sites for hydroxylation is 1. The first kappa shape index (κ1) is 19.7. The molecule has 5 aromatic rings. The van der Waals surface area contributed by atoms with Crippen LogP contribution >= 0.6 is 0 Å². The van der Waals surface area contributed by atoms with Gasteiger partial charge >= 0.3 is 0 Å². The Morgan fingerprint density at radius 2 is 1.82 bits per heavy atom. The Kier molecular flexibility index (Phi) is 4.69. The molecular formula is C24H25N9. The average Bonchev–Trinajstić information content (AvgIpc) is 3.43. The highest BCUT2D eigenvalue weighted by Crippen LogP contribution is 2.32. The van der Waals surface area contributed by atoms with E-state index in [0.29, 0.717) is 0 Å². The molecule has 0 spiro atoms. The van der Waals surface area contributed by atoms with Crippen molar-refractivity contribution >= 4 is 39.3 Å². The summed E-state index contributed by atoms with van der Waals surface area (Å²) in [6, 6.07) is 12.4. The van der Waals surface area contributed by atoms with E-state index in [1.54, 1.807) is 4.68 Å². The molecule has 0 bridgehead atoms. The van der Waals surface area contributed by atoms with Gasteiger partial charge in [0.1, 0.15) is 17.0 Å². The van der Waals surface area contributed by atoms with E-state index in [9.17, 15) is 0 Å². The number of hydrogen-bond donors (Lipinski definition) is 2. The van der Waals surface area contributed by atoms with Crippen LogP contribution in [-0.2, 0) is 7.05 Å². The van der Waals surface area contributed by atoms with Crippen LogP contribution in [-0.4, -0.2) is 68.1 Å². The molecular weight excluding hydrogens is 414 g/mol. The summed E-state index contributed by atoms with van der Waals surface area (Å²) in [4.78, 5) is 17.2. The van der Waals surface area contributed by atoms with Crippen molar-refractivity contribution in [1.82, 2.24) is 34.8 Å². The third kappa shape index (κ3) is 3.66. The molecule has 0 amide bonds. The quantitative estimate of drug-likeness (QED) is 0.443. The van der Waals surface area contributed by atoms with E-state index in [0.717, 1.165) is 76.6 Å². The predicted octanol–water partition coefficient (Wildman–Crippen LogP) is 3.40. The number of anilines is 3. The van der Waals surface area contributed by atoms with Gasteiger partial charge in [-0.05, 0) is 36.9 Å². The number of pyridine rings is 2. The van der Waals surface area contributed by atoms with Crippen LogP contribution in [0, 0.1) is 0 Å². The maximum Gasteiger partial charge on any atom is 0.138 e. The topological polar surface area (TPSA) is 90.8 Å². The third-order valence-electron chi connectivity index (χ3n) is 6.31. The Hall–Kier alpha value is -3.98. The summed E-state index contributed by atoms with van der Waals surface area (Å²) in [7, 11) is 4.07. The number of nitrogens with one attached hydrogen (secondary N) is 2. The van der Waals surface area contributed by atoms with Crippen molar-refractivity contribution in [3.8, 4) is 11.1 Å². The van der Waals surface area contributed by atoms with E-state index in [2.05, 4.69) is 71.7 Å². The lowest BCUT2D eigenvalue weighted by molar-refractivity contribution is 0.312. The molecule has 1 aromatic carbocycles. The van der Waals surface area contributed by atoms with Gasteiger partial charge in [0.2, 0.25) is 0 Å². The van der Waals surface area contributed by atoms with Gasteiger partial charge in [-0.2, -0.15) is 0 Å². The van der Waals surface area contributed by atoms with Crippen LogP contribution in [0.3, 0.4) is 0 Å². The first-order valence-corrected chi connectivity index (χ1v) is 11.1. The number of H-pyrrole nitrogens is 1. The smallest absolute Gasteiger partial charge is 0.138 e. The molecule has 1 fully saturated rings. The zero-order chi connectivity index (χ0) is 22.4. The van der Waals surface area contributed by atoms with Crippen LogP contribution in [0.5, 0.6) is 0 Å². The molecule has 0 radical (unpaired) electrons. The maximum atomic E-state index is 4.63. The number of aromatic amines is 1. The minimum absolute atomic E-state index is 0.853. The number of nitrogens with zero attached hydrogens (tertiary/aromatic N) is 7. The van der Waals surface area contributed by atoms with Crippen molar-refractivity contribution < 1.29 is 0 Å². The molecule has 4 aromatic heterocycles. The van der Waals surface area contributed by atoms with E-state index in [4.69, 9.17) is 0 Å². The van der Waals surface area contributed by atoms with Crippen molar-refractivity contribution in [2.45, 2.75) is 0 Å². The number of rotatable bonds is 4. The highest BCUT2D eigenvalue weighted by molar-refractivity contribution is 5.97. The second-order valence-electron chi connectivity index (χ2n) is 8.56. The molecule has 1 aliphatic rings. The highest BCUT2D eigenvalue weighted by Gasteiger charge is 2.16. The molecule has 0 unspecified atom stereocenters. The van der Waals surface area contributed by atoms with Crippen LogP contribution in [0.25, 0.3) is 33.2 Å². The fraction of sp³-hybridized carbons (Fsp3) is 0.250. The zero-order valence-electron chi connectivity index (χ0n) is 18.7. The Morgan fingerprint density at radius 3 is 2.70 bits per heavy atom. The van der Waals surface area contributed by atoms with Crippen LogP contribution < -0.4 is 10.2 Å². The highest BCUT2D eigenvalue weighted by atomic mass is 15.4. The van der Waals surface area contributed by atoms with Gasteiger partial charge in [-0.25, -0.2) is 14.6 Å². The Labute approximate surface area is 191 Å². The Bertz CT molecular complexity index is 1440. The normalized spacial score (nSPS) is 14.9. The molecule has 5 heterocycles. The monoisotopic (exact) mass is 439 g/mol. The summed E-state index contributed by atoms with van der Waals surface area (Å²) in [6.45, 7) is 4.08. The van der Waals surface area contributed by atoms with Gasteiger partial charge in [-0.1, -0.05) is 11.3 Å². The number of likely N-dealkylation sites (N-methyl/N-ethyl adjacent to an activating group) is 1. The van der Waals surface area contributed by atoms with Crippen LogP contribution in [0.15, 0.2) is 55.0 Å². The molecule has 6 rings (SSSR count). The molecule has 9 heteroatoms. The second-order valence-corrected chi connectivity index (χ2v) is 8.56. The number of aromatic nitrogens is 6. The van der Waals surface area contributed by atoms with Gasteiger partial charge in [-0.15, -0.1) is 5.10 Å². The first-order valence-electron chi connectivity index (χ1n) is 11.1. The van der Waals surface area contributed by atoms with Gasteiger partial charge in [0.05, 0.1) is 17.4 Å². The summed E-state index contributed by atoms with van der Waals surface area (Å²) in [5.74, 6) is 1.00. The lowest BCUT2D eigenvalue weighted by Crippen LogP contribution is -2.44. The average molecular weight is 440 g/mol. The van der Waals surface area contributed by atoms with E-state index in [-0.39, 0.29) is 0 Å². The molecule has 1 saturated heterocycles. The minimum atomic E-state index is 0.853. The number of benzene rings is 1. The third-order valence-corrected chi connectivity index (χ3v) is 6.31. The minimum Gasteiger partial charge on any atom is -0.354 e. The molecule has 166 valence electrons. The second kappa shape index (κ2) is 7.86. The van der Waals surface area contributed by atoms with E-state index < -0.39 is 0 Å². The van der Waals surface area contributed by atoms with Crippen molar-refractivity contribution in [2.24, 2.45) is 7.05 Å². The zero-order valence-corrected chi connectivity index (χ0v) is 18.7. The summed E-state index contributed by atoms with van der Waals surface area (Å²) in [6.07, 6.45) is 5.72. The summed E-state index contributed by atoms with van der Waals surface area (Å²) < 4.78 is 1.79. The SMILES string of the molecule is CN1CCN(c2cc(Nc3cnc4[nH]cc(-c5ccc6nnn(C)c6c5)c4c3)ccn2)CC1. The lowest BCUT2D eigenvalue weighted by atomic mass is 10.0. The fourth-order valence-corrected chi connectivity index (χ4v) is 4.38. The number of piperazine rings is 1. The van der Waals surface area contributed by atoms with E-state index >= 15 is 0 Å². The fourth-order valence-electron chi connectivity index (χ4n) is 4.38. The van der Waals surface area contributed by atoms with Crippen LogP contribution in [0.4, 0.5) is 17.2 Å². The Morgan fingerprint density at radius 1 is 0.939 bits per heavy atom. The van der Waals surface area contributed by atoms with Gasteiger partial charge in [0, 0.05) is 68.3 Å². The molecule has 0 aliphatic carbocycles. The molecule has 1 aliphatic heterocycles. The molecule has 33 heavy (non-hydrogen) atoms. The predicted molar refractivity (Wildman–Crippen MR) is 131 cm³/mol. The Balaban J connectivity index is 1.30. The summed E-state index contributed by atoms with van der Waals surface area (Å²) in [5, 5.41) is 12.9. The van der Waals surface area contributed by atoms with Gasteiger partial charge in [0.25, 0.3) is 0 Å². The summed E-state index contributed by atoms with van der Waals surface area (Å²) in [5.41, 5.74) is 6.86.